The molecular formula is C30H44O4. The summed E-state index contributed by atoms with van der Waals surface area (Å²) in [5.74, 6) is 4.43. The van der Waals surface area contributed by atoms with Gasteiger partial charge in [-0.1, -0.05) is 33.9 Å². The maximum atomic E-state index is 12.9. The van der Waals surface area contributed by atoms with E-state index in [0.717, 1.165) is 55.8 Å². The molecule has 0 aromatic rings. The molecule has 4 heteroatoms. The van der Waals surface area contributed by atoms with Crippen molar-refractivity contribution in [1.82, 2.24) is 0 Å². The molecule has 0 saturated heterocycles. The molecule has 6 rings (SSSR count). The normalized spacial score (nSPS) is 43.8. The molecule has 4 nitrogen and oxygen atoms in total. The first-order valence-electron chi connectivity index (χ1n) is 13.8. The van der Waals surface area contributed by atoms with Crippen LogP contribution < -0.4 is 0 Å². The van der Waals surface area contributed by atoms with Crippen molar-refractivity contribution in [2.75, 3.05) is 0 Å². The van der Waals surface area contributed by atoms with E-state index >= 15 is 0 Å². The van der Waals surface area contributed by atoms with E-state index in [4.69, 9.17) is 9.47 Å². The van der Waals surface area contributed by atoms with Gasteiger partial charge in [0.2, 0.25) is 0 Å². The smallest absolute Gasteiger partial charge is 0.333 e. The Bertz CT molecular complexity index is 874. The van der Waals surface area contributed by atoms with Gasteiger partial charge in [-0.2, -0.15) is 0 Å². The van der Waals surface area contributed by atoms with E-state index in [1.807, 2.05) is 0 Å². The molecule has 6 aliphatic rings. The predicted octanol–water partition coefficient (Wildman–Crippen LogP) is 6.64. The molecule has 0 radical (unpaired) electrons. The van der Waals surface area contributed by atoms with Gasteiger partial charge in [-0.25, -0.2) is 9.59 Å². The third kappa shape index (κ3) is 4.07. The van der Waals surface area contributed by atoms with Gasteiger partial charge in [0.05, 0.1) is 0 Å². The molecule has 34 heavy (non-hydrogen) atoms. The van der Waals surface area contributed by atoms with E-state index in [1.54, 1.807) is 6.92 Å². The van der Waals surface area contributed by atoms with Crippen LogP contribution in [0.3, 0.4) is 0 Å². The highest BCUT2D eigenvalue weighted by molar-refractivity contribution is 5.88. The Hall–Kier alpha value is -1.58. The molecule has 0 N–H and O–H groups in total. The minimum Gasteiger partial charge on any atom is -0.459 e. The highest BCUT2D eigenvalue weighted by Gasteiger charge is 2.59. The first-order valence-corrected chi connectivity index (χ1v) is 13.8. The van der Waals surface area contributed by atoms with Crippen LogP contribution in [0.4, 0.5) is 0 Å². The predicted molar refractivity (Wildman–Crippen MR) is 133 cm³/mol. The molecule has 6 aliphatic carbocycles. The molecule has 6 saturated carbocycles. The van der Waals surface area contributed by atoms with Crippen molar-refractivity contribution in [3.05, 3.63) is 24.3 Å². The fourth-order valence-electron chi connectivity index (χ4n) is 8.75. The van der Waals surface area contributed by atoms with Gasteiger partial charge in [-0.05, 0) is 118 Å². The van der Waals surface area contributed by atoms with Crippen molar-refractivity contribution in [2.45, 2.75) is 104 Å². The minimum atomic E-state index is -0.335. The lowest BCUT2D eigenvalue weighted by Gasteiger charge is -2.44. The summed E-state index contributed by atoms with van der Waals surface area (Å²) in [7, 11) is 0. The molecule has 188 valence electrons. The zero-order valence-corrected chi connectivity index (χ0v) is 21.7. The number of carbonyl (C=O) groups is 2. The van der Waals surface area contributed by atoms with E-state index in [9.17, 15) is 9.59 Å². The van der Waals surface area contributed by atoms with Gasteiger partial charge >= 0.3 is 11.9 Å². The number of esters is 2. The van der Waals surface area contributed by atoms with Crippen LogP contribution in [-0.4, -0.2) is 23.6 Å². The number of hydrogen-bond acceptors (Lipinski definition) is 4. The first-order chi connectivity index (χ1) is 16.0. The van der Waals surface area contributed by atoms with Gasteiger partial charge in [0.25, 0.3) is 0 Å². The van der Waals surface area contributed by atoms with Crippen LogP contribution in [0.1, 0.15) is 91.9 Å². The maximum Gasteiger partial charge on any atom is 0.333 e. The monoisotopic (exact) mass is 468 g/mol. The topological polar surface area (TPSA) is 52.6 Å². The van der Waals surface area contributed by atoms with Crippen molar-refractivity contribution >= 4 is 11.9 Å². The number of ether oxygens (including phenoxy) is 2. The van der Waals surface area contributed by atoms with Gasteiger partial charge < -0.3 is 9.47 Å². The summed E-state index contributed by atoms with van der Waals surface area (Å²) in [5, 5.41) is 0. The second kappa shape index (κ2) is 8.52. The van der Waals surface area contributed by atoms with Gasteiger partial charge in [0.1, 0.15) is 11.7 Å². The quantitative estimate of drug-likeness (QED) is 0.310. The number of hydrogen-bond donors (Lipinski definition) is 0. The lowest BCUT2D eigenvalue weighted by Crippen LogP contribution is -2.40. The molecule has 0 heterocycles. The second-order valence-corrected chi connectivity index (χ2v) is 13.4. The van der Waals surface area contributed by atoms with E-state index in [0.29, 0.717) is 40.7 Å². The molecule has 7 unspecified atom stereocenters. The molecule has 7 atom stereocenters. The summed E-state index contributed by atoms with van der Waals surface area (Å²) < 4.78 is 11.8. The van der Waals surface area contributed by atoms with E-state index in [2.05, 4.69) is 33.9 Å². The third-order valence-corrected chi connectivity index (χ3v) is 11.1. The Morgan fingerprint density at radius 3 is 2.29 bits per heavy atom. The van der Waals surface area contributed by atoms with E-state index < -0.39 is 0 Å². The molecule has 0 aromatic heterocycles. The van der Waals surface area contributed by atoms with Gasteiger partial charge in [0, 0.05) is 11.1 Å². The summed E-state index contributed by atoms with van der Waals surface area (Å²) in [4.78, 5) is 24.9. The molecule has 6 fully saturated rings. The van der Waals surface area contributed by atoms with E-state index in [-0.39, 0.29) is 23.6 Å². The largest absolute Gasteiger partial charge is 0.459 e. The van der Waals surface area contributed by atoms with Crippen molar-refractivity contribution in [1.29, 1.82) is 0 Å². The Balaban J connectivity index is 1.10. The summed E-state index contributed by atoms with van der Waals surface area (Å²) in [6, 6.07) is 0. The highest BCUT2D eigenvalue weighted by Crippen LogP contribution is 2.64. The Kier molecular flexibility index (Phi) is 6.05. The summed E-state index contributed by atoms with van der Waals surface area (Å²) >= 11 is 0. The van der Waals surface area contributed by atoms with Crippen molar-refractivity contribution < 1.29 is 19.1 Å². The lowest BCUT2D eigenvalue weighted by molar-refractivity contribution is -0.162. The fourth-order valence-corrected chi connectivity index (χ4v) is 8.75. The van der Waals surface area contributed by atoms with Gasteiger partial charge in [-0.15, -0.1) is 0 Å². The minimum absolute atomic E-state index is 0.0468. The second-order valence-electron chi connectivity index (χ2n) is 13.4. The zero-order valence-electron chi connectivity index (χ0n) is 21.7. The number of rotatable bonds is 7. The van der Waals surface area contributed by atoms with Crippen molar-refractivity contribution in [3.63, 3.8) is 0 Å². The molecule has 0 aromatic carbocycles. The molecule has 0 aliphatic heterocycles. The van der Waals surface area contributed by atoms with Crippen LogP contribution in [0.15, 0.2) is 24.3 Å². The summed E-state index contributed by atoms with van der Waals surface area (Å²) in [5.41, 5.74) is 1.19. The maximum absolute atomic E-state index is 12.9. The Labute approximate surface area is 205 Å². The van der Waals surface area contributed by atoms with Crippen molar-refractivity contribution in [2.24, 2.45) is 46.8 Å². The van der Waals surface area contributed by atoms with Crippen molar-refractivity contribution in [3.8, 4) is 0 Å². The summed E-state index contributed by atoms with van der Waals surface area (Å²) in [6.45, 7) is 16.9. The van der Waals surface area contributed by atoms with Crippen LogP contribution >= 0.6 is 0 Å². The van der Waals surface area contributed by atoms with Gasteiger partial charge in [0.15, 0.2) is 0 Å². The molecular weight excluding hydrogens is 424 g/mol. The van der Waals surface area contributed by atoms with E-state index in [1.165, 1.54) is 25.7 Å². The number of carbonyl (C=O) groups excluding carboxylic acids is 2. The Morgan fingerprint density at radius 1 is 0.941 bits per heavy atom. The third-order valence-electron chi connectivity index (χ3n) is 11.1. The zero-order chi connectivity index (χ0) is 24.4. The van der Waals surface area contributed by atoms with Gasteiger partial charge in [-0.3, -0.25) is 0 Å². The van der Waals surface area contributed by atoms with Crippen LogP contribution in [0.25, 0.3) is 0 Å². The molecule has 0 amide bonds. The van der Waals surface area contributed by atoms with Crippen LogP contribution in [-0.2, 0) is 19.1 Å². The number of fused-ring (bicyclic) bond motifs is 3. The van der Waals surface area contributed by atoms with Crippen LogP contribution in [0.2, 0.25) is 0 Å². The lowest BCUT2D eigenvalue weighted by atomic mass is 9.62. The SMILES string of the molecule is C=C(C)C(=O)OC12CC(CC(=C)C(=O)OC3CCCC(C4CC5CC4C(C)C5(C)C)C3)C(C1)C2. The molecule has 4 bridgehead atoms. The fraction of sp³-hybridized carbons (Fsp3) is 0.800. The average Bonchev–Trinajstić information content (AvgIpc) is 3.47. The summed E-state index contributed by atoms with van der Waals surface area (Å²) in [6.07, 6.45) is 10.6. The average molecular weight is 469 g/mol. The van der Waals surface area contributed by atoms with Crippen LogP contribution in [0, 0.1) is 46.8 Å². The standard InChI is InChI=1S/C30H44O4/c1-17(2)27(31)34-30-14-21(22(15-30)16-30)10-18(3)28(32)33-24-9-7-8-20(11-24)26-13-23-12-25(26)19(4)29(23,5)6/h19-26H,1,3,7-16H2,2,4-6H3. The first kappa shape index (κ1) is 24.1. The Morgan fingerprint density at radius 2 is 1.65 bits per heavy atom. The highest BCUT2D eigenvalue weighted by atomic mass is 16.6. The molecule has 0 spiro atoms. The van der Waals surface area contributed by atoms with Crippen LogP contribution in [0.5, 0.6) is 0 Å².